The van der Waals surface area contributed by atoms with Crippen molar-refractivity contribution in [2.45, 2.75) is 0 Å². The number of halogens is 20. The number of diazo groups is 1. The molecule has 0 atom stereocenters. The van der Waals surface area contributed by atoms with Gasteiger partial charge in [-0.1, -0.05) is 18.2 Å². The summed E-state index contributed by atoms with van der Waals surface area (Å²) in [6.45, 7) is 0. The van der Waals surface area contributed by atoms with Crippen LogP contribution in [0, 0.1) is 122 Å². The maximum atomic E-state index is 12.0. The Morgan fingerprint density at radius 1 is 0.269 bits per heavy atom. The fourth-order valence-electron chi connectivity index (χ4n) is 2.67. The first-order valence-electron chi connectivity index (χ1n) is 12.4. The van der Waals surface area contributed by atoms with Gasteiger partial charge in [0.2, 0.25) is 28.7 Å². The first-order valence-corrected chi connectivity index (χ1v) is 12.4. The van der Waals surface area contributed by atoms with Gasteiger partial charge in [-0.3, -0.25) is 0 Å². The van der Waals surface area contributed by atoms with Gasteiger partial charge in [0.05, 0.1) is 0 Å². The molecule has 0 aliphatic heterocycles. The summed E-state index contributed by atoms with van der Waals surface area (Å²) in [5, 5.41) is 8.16. The minimum Gasteiger partial charge on any atom is -0.204 e. The summed E-state index contributed by atoms with van der Waals surface area (Å²) >= 11 is 0. The van der Waals surface area contributed by atoms with Crippen LogP contribution in [-0.4, -0.2) is 0 Å². The first-order chi connectivity index (χ1) is 24.1. The monoisotopic (exact) mass is 777 g/mol. The zero-order valence-corrected chi connectivity index (χ0v) is 24.1. The molecule has 5 aromatic rings. The van der Waals surface area contributed by atoms with Crippen molar-refractivity contribution in [3.8, 4) is 0 Å². The largest absolute Gasteiger partial charge is 0.385 e. The molecule has 52 heavy (non-hydrogen) atoms. The number of benzene rings is 5. The summed E-state index contributed by atoms with van der Waals surface area (Å²) in [6, 6.07) is 8.70. The fraction of sp³-hybridized carbons (Fsp3) is 0. The van der Waals surface area contributed by atoms with Crippen molar-refractivity contribution in [2.75, 3.05) is 0 Å². The van der Waals surface area contributed by atoms with Gasteiger partial charge in [-0.2, -0.15) is 0 Å². The Balaban J connectivity index is 0.000000326. The topological polar surface area (TPSA) is 28.1 Å². The van der Waals surface area contributed by atoms with Gasteiger partial charge in [-0.25, -0.2) is 87.8 Å². The van der Waals surface area contributed by atoms with E-state index < -0.39 is 116 Å². The van der Waals surface area contributed by atoms with Crippen LogP contribution in [0.3, 0.4) is 0 Å². The molecule has 2 nitrogen and oxygen atoms in total. The number of hydrogen-bond acceptors (Lipinski definition) is 1. The molecule has 0 bridgehead atoms. The van der Waals surface area contributed by atoms with Crippen LogP contribution in [0.1, 0.15) is 0 Å². The average molecular weight is 777 g/mol. The predicted molar refractivity (Wildman–Crippen MR) is 136 cm³/mol. The Labute approximate surface area is 275 Å². The van der Waals surface area contributed by atoms with Gasteiger partial charge in [-0.15, -0.1) is 0 Å². The molecule has 0 saturated heterocycles. The Bertz CT molecular complexity index is 1720. The Hall–Kier alpha value is -5.88. The fourth-order valence-corrected chi connectivity index (χ4v) is 2.67. The molecule has 0 aliphatic rings. The van der Waals surface area contributed by atoms with Gasteiger partial charge in [0.15, 0.2) is 98.1 Å². The van der Waals surface area contributed by atoms with Gasteiger partial charge in [-0.05, 0) is 0 Å². The Kier molecular flexibility index (Phi) is 16.5. The van der Waals surface area contributed by atoms with Crippen LogP contribution in [-0.2, 0) is 0 Å². The predicted octanol–water partition coefficient (Wildman–Crippen LogP) is 11.7. The zero-order chi connectivity index (χ0) is 40.2. The Morgan fingerprint density at radius 2 is 0.442 bits per heavy atom. The van der Waals surface area contributed by atoms with Crippen molar-refractivity contribution in [1.82, 2.24) is 0 Å². The second kappa shape index (κ2) is 19.5. The molecule has 278 valence electrons. The summed E-state index contributed by atoms with van der Waals surface area (Å²) in [4.78, 5) is 2.97. The standard InChI is InChI=1S/4C6HF5.C6H5N2/c4*7-2-1-3(8)5(10)6(11)4(2)9;7-8-6-4-2-1-3-5-6/h4*1H;1-5H/q;;;;+1. The van der Waals surface area contributed by atoms with Crippen molar-refractivity contribution in [2.24, 2.45) is 0 Å². The molecule has 0 saturated carbocycles. The van der Waals surface area contributed by atoms with Crippen LogP contribution in [0.15, 0.2) is 54.6 Å². The van der Waals surface area contributed by atoms with Gasteiger partial charge in [0.25, 0.3) is 0 Å². The van der Waals surface area contributed by atoms with E-state index in [0.717, 1.165) is 0 Å². The third-order valence-corrected chi connectivity index (χ3v) is 5.10. The van der Waals surface area contributed by atoms with Crippen LogP contribution in [0.5, 0.6) is 0 Å². The van der Waals surface area contributed by atoms with Gasteiger partial charge in [0, 0.05) is 36.4 Å². The van der Waals surface area contributed by atoms with Crippen LogP contribution in [0.25, 0.3) is 4.98 Å². The minimum absolute atomic E-state index is 0.0618. The molecule has 0 spiro atoms. The lowest BCUT2D eigenvalue weighted by Gasteiger charge is -1.96. The highest BCUT2D eigenvalue weighted by molar-refractivity contribution is 5.42. The van der Waals surface area contributed by atoms with E-state index >= 15 is 0 Å². The van der Waals surface area contributed by atoms with E-state index in [4.69, 9.17) is 5.39 Å². The van der Waals surface area contributed by atoms with E-state index in [1.165, 1.54) is 0 Å². The molecular weight excluding hydrogens is 768 g/mol. The summed E-state index contributed by atoms with van der Waals surface area (Å²) in [5.74, 6) is -38.6. The molecule has 5 rings (SSSR count). The lowest BCUT2D eigenvalue weighted by atomic mass is 10.3. The van der Waals surface area contributed by atoms with E-state index in [1.54, 1.807) is 12.1 Å². The van der Waals surface area contributed by atoms with Gasteiger partial charge < -0.3 is 0 Å². The van der Waals surface area contributed by atoms with E-state index in [-0.39, 0.29) is 24.3 Å². The van der Waals surface area contributed by atoms with E-state index in [2.05, 4.69) is 4.98 Å². The summed E-state index contributed by atoms with van der Waals surface area (Å²) in [6.07, 6.45) is 0. The molecule has 0 heterocycles. The van der Waals surface area contributed by atoms with Gasteiger partial charge >= 0.3 is 5.69 Å². The SMILES string of the molecule is Fc1cc(F)c(F)c(F)c1F.Fc1cc(F)c(F)c(F)c1F.Fc1cc(F)c(F)c(F)c1F.Fc1cc(F)c(F)c(F)c1F.N#[N+]c1ccccc1. The first kappa shape index (κ1) is 44.1. The van der Waals surface area contributed by atoms with Crippen molar-refractivity contribution < 1.29 is 87.8 Å². The molecule has 5 aromatic carbocycles. The molecule has 0 aliphatic carbocycles. The summed E-state index contributed by atoms with van der Waals surface area (Å²) in [7, 11) is 0. The second-order valence-corrected chi connectivity index (χ2v) is 8.56. The van der Waals surface area contributed by atoms with E-state index in [0.29, 0.717) is 5.69 Å². The quantitative estimate of drug-likeness (QED) is 0.0666. The summed E-state index contributed by atoms with van der Waals surface area (Å²) < 4.78 is 240. The maximum absolute atomic E-state index is 12.0. The molecule has 0 aromatic heterocycles. The molecule has 0 amide bonds. The van der Waals surface area contributed by atoms with Crippen LogP contribution < -0.4 is 0 Å². The third kappa shape index (κ3) is 11.6. The zero-order valence-electron chi connectivity index (χ0n) is 24.1. The average Bonchev–Trinajstić information content (AvgIpc) is 3.12. The molecule has 0 radical (unpaired) electrons. The number of hydrogen-bond donors (Lipinski definition) is 0. The van der Waals surface area contributed by atoms with Crippen molar-refractivity contribution >= 4 is 5.69 Å². The number of rotatable bonds is 0. The van der Waals surface area contributed by atoms with Crippen molar-refractivity contribution in [3.05, 3.63) is 176 Å². The highest BCUT2D eigenvalue weighted by atomic mass is 19.2. The molecule has 0 fully saturated rings. The lowest BCUT2D eigenvalue weighted by molar-refractivity contribution is 0.378. The molecule has 0 unspecified atom stereocenters. The Morgan fingerprint density at radius 3 is 0.577 bits per heavy atom. The normalized spacial score (nSPS) is 9.90. The molecule has 22 heteroatoms. The van der Waals surface area contributed by atoms with E-state index in [1.807, 2.05) is 18.2 Å². The third-order valence-electron chi connectivity index (χ3n) is 5.10. The molecule has 0 N–H and O–H groups in total. The van der Waals surface area contributed by atoms with Crippen molar-refractivity contribution in [3.63, 3.8) is 0 Å². The van der Waals surface area contributed by atoms with Crippen molar-refractivity contribution in [1.29, 1.82) is 5.39 Å². The lowest BCUT2D eigenvalue weighted by Crippen LogP contribution is -1.98. The maximum Gasteiger partial charge on any atom is 0.385 e. The highest BCUT2D eigenvalue weighted by Gasteiger charge is 2.21. The van der Waals surface area contributed by atoms with E-state index in [9.17, 15) is 87.8 Å². The smallest absolute Gasteiger partial charge is 0.204 e. The molecular formula is C30H9F20N2+. The second-order valence-electron chi connectivity index (χ2n) is 8.56. The minimum atomic E-state index is -2.14. The summed E-state index contributed by atoms with van der Waals surface area (Å²) in [5.41, 5.74) is 0.590. The van der Waals surface area contributed by atoms with Crippen LogP contribution >= 0.6 is 0 Å². The highest BCUT2D eigenvalue weighted by Crippen LogP contribution is 2.19. The van der Waals surface area contributed by atoms with Crippen LogP contribution in [0.2, 0.25) is 0 Å². The van der Waals surface area contributed by atoms with Gasteiger partial charge in [0.1, 0.15) is 0 Å². The van der Waals surface area contributed by atoms with Crippen LogP contribution in [0.4, 0.5) is 93.5 Å². The number of nitrogens with zero attached hydrogens (tertiary/aromatic N) is 2.